The van der Waals surface area contributed by atoms with E-state index in [2.05, 4.69) is 5.32 Å². The summed E-state index contributed by atoms with van der Waals surface area (Å²) in [6.45, 7) is 0.281. The summed E-state index contributed by atoms with van der Waals surface area (Å²) in [4.78, 5) is 34.6. The number of carboxylic acids is 1. The van der Waals surface area contributed by atoms with E-state index in [1.165, 1.54) is 12.1 Å². The standard InChI is InChI=1S/C29H24N2O6/c32-28(30-27(29(33)34)18-20-4-2-1-3-5-20)24-10-8-22(9-11-24)23-12-16-26(17-13-23)37-19-21-6-14-25(15-7-21)31(35)36/h1-17,27H,18-19H2,(H,30,32)(H,33,34). The number of nitrogens with one attached hydrogen (secondary N) is 1. The number of nitro groups is 1. The fourth-order valence-corrected chi connectivity index (χ4v) is 3.73. The quantitative estimate of drug-likeness (QED) is 0.228. The molecule has 186 valence electrons. The van der Waals surface area contributed by atoms with Crippen molar-refractivity contribution in [2.75, 3.05) is 0 Å². The van der Waals surface area contributed by atoms with Gasteiger partial charge in [-0.1, -0.05) is 54.6 Å². The van der Waals surface area contributed by atoms with Crippen molar-refractivity contribution in [1.29, 1.82) is 0 Å². The number of aliphatic carboxylic acids is 1. The monoisotopic (exact) mass is 496 g/mol. The zero-order valence-electron chi connectivity index (χ0n) is 19.7. The maximum atomic E-state index is 12.7. The largest absolute Gasteiger partial charge is 0.489 e. The van der Waals surface area contributed by atoms with Crippen molar-refractivity contribution in [3.05, 3.63) is 130 Å². The molecule has 0 fully saturated rings. The number of carbonyl (C=O) groups is 2. The van der Waals surface area contributed by atoms with E-state index in [9.17, 15) is 24.8 Å². The first-order chi connectivity index (χ1) is 17.9. The smallest absolute Gasteiger partial charge is 0.326 e. The fourth-order valence-electron chi connectivity index (χ4n) is 3.73. The van der Waals surface area contributed by atoms with Crippen LogP contribution in [0.4, 0.5) is 5.69 Å². The lowest BCUT2D eigenvalue weighted by Gasteiger charge is -2.15. The third-order valence-corrected chi connectivity index (χ3v) is 5.77. The molecule has 1 atom stereocenters. The van der Waals surface area contributed by atoms with Crippen molar-refractivity contribution in [2.45, 2.75) is 19.1 Å². The van der Waals surface area contributed by atoms with Gasteiger partial charge in [0, 0.05) is 24.1 Å². The Labute approximate surface area is 213 Å². The van der Waals surface area contributed by atoms with E-state index in [-0.39, 0.29) is 18.7 Å². The SMILES string of the molecule is O=C(NC(Cc1ccccc1)C(=O)O)c1ccc(-c2ccc(OCc3ccc([N+](=O)[O-])cc3)cc2)cc1. The van der Waals surface area contributed by atoms with Crippen LogP contribution in [0.5, 0.6) is 5.75 Å². The molecule has 0 radical (unpaired) electrons. The summed E-state index contributed by atoms with van der Waals surface area (Å²) in [5, 5.41) is 22.9. The molecule has 0 aliphatic rings. The van der Waals surface area contributed by atoms with E-state index in [1.54, 1.807) is 36.4 Å². The van der Waals surface area contributed by atoms with Gasteiger partial charge in [0.25, 0.3) is 11.6 Å². The molecule has 4 aromatic rings. The highest BCUT2D eigenvalue weighted by molar-refractivity contribution is 5.97. The lowest BCUT2D eigenvalue weighted by atomic mass is 10.0. The first-order valence-electron chi connectivity index (χ1n) is 11.5. The molecule has 0 saturated carbocycles. The molecule has 37 heavy (non-hydrogen) atoms. The van der Waals surface area contributed by atoms with Gasteiger partial charge >= 0.3 is 5.97 Å². The minimum Gasteiger partial charge on any atom is -0.489 e. The van der Waals surface area contributed by atoms with Crippen molar-refractivity contribution in [3.8, 4) is 16.9 Å². The van der Waals surface area contributed by atoms with E-state index >= 15 is 0 Å². The molecule has 0 aliphatic carbocycles. The molecule has 0 aliphatic heterocycles. The van der Waals surface area contributed by atoms with Crippen LogP contribution in [-0.4, -0.2) is 27.9 Å². The van der Waals surface area contributed by atoms with Crippen LogP contribution in [0, 0.1) is 10.1 Å². The Hall–Kier alpha value is -4.98. The second-order valence-electron chi connectivity index (χ2n) is 8.37. The Morgan fingerprint density at radius 3 is 1.97 bits per heavy atom. The van der Waals surface area contributed by atoms with Gasteiger partial charge in [-0.05, 0) is 58.7 Å². The summed E-state index contributed by atoms with van der Waals surface area (Å²) in [7, 11) is 0. The summed E-state index contributed by atoms with van der Waals surface area (Å²) in [5.74, 6) is -0.897. The van der Waals surface area contributed by atoms with E-state index in [4.69, 9.17) is 4.74 Å². The summed E-state index contributed by atoms with van der Waals surface area (Å²) in [6, 6.07) is 28.6. The van der Waals surface area contributed by atoms with Gasteiger partial charge < -0.3 is 15.2 Å². The van der Waals surface area contributed by atoms with Crippen LogP contribution in [-0.2, 0) is 17.8 Å². The molecular weight excluding hydrogens is 472 g/mol. The second kappa shape index (κ2) is 11.6. The van der Waals surface area contributed by atoms with Crippen LogP contribution in [0.15, 0.2) is 103 Å². The molecule has 4 aromatic carbocycles. The number of carbonyl (C=O) groups excluding carboxylic acids is 1. The predicted octanol–water partition coefficient (Wildman–Crippen LogP) is 5.27. The normalized spacial score (nSPS) is 11.4. The van der Waals surface area contributed by atoms with Crippen LogP contribution < -0.4 is 10.1 Å². The lowest BCUT2D eigenvalue weighted by Crippen LogP contribution is -2.42. The van der Waals surface area contributed by atoms with Crippen LogP contribution in [0.2, 0.25) is 0 Å². The third kappa shape index (κ3) is 6.79. The Kier molecular flexibility index (Phi) is 7.90. The maximum Gasteiger partial charge on any atom is 0.326 e. The van der Waals surface area contributed by atoms with E-state index in [1.807, 2.05) is 54.6 Å². The Bertz CT molecular complexity index is 1370. The zero-order chi connectivity index (χ0) is 26.2. The number of rotatable bonds is 10. The summed E-state index contributed by atoms with van der Waals surface area (Å²) in [5.41, 5.74) is 3.85. The van der Waals surface area contributed by atoms with Crippen molar-refractivity contribution < 1.29 is 24.4 Å². The number of ether oxygens (including phenoxy) is 1. The van der Waals surface area contributed by atoms with Crippen molar-refractivity contribution in [2.24, 2.45) is 0 Å². The van der Waals surface area contributed by atoms with Gasteiger partial charge in [-0.25, -0.2) is 4.79 Å². The lowest BCUT2D eigenvalue weighted by molar-refractivity contribution is -0.384. The molecule has 0 aromatic heterocycles. The number of hydrogen-bond acceptors (Lipinski definition) is 5. The highest BCUT2D eigenvalue weighted by atomic mass is 16.6. The van der Waals surface area contributed by atoms with Crippen LogP contribution >= 0.6 is 0 Å². The van der Waals surface area contributed by atoms with Gasteiger partial charge in [0.2, 0.25) is 0 Å². The number of amides is 1. The molecule has 4 rings (SSSR count). The molecule has 0 spiro atoms. The number of nitrogens with zero attached hydrogens (tertiary/aromatic N) is 1. The van der Waals surface area contributed by atoms with Gasteiger partial charge in [-0.2, -0.15) is 0 Å². The summed E-state index contributed by atoms with van der Waals surface area (Å²) < 4.78 is 5.76. The Balaban J connectivity index is 1.35. The molecule has 2 N–H and O–H groups in total. The molecule has 0 bridgehead atoms. The van der Waals surface area contributed by atoms with Gasteiger partial charge in [-0.15, -0.1) is 0 Å². The number of benzene rings is 4. The third-order valence-electron chi connectivity index (χ3n) is 5.77. The number of nitro benzene ring substituents is 1. The number of carboxylic acid groups (broad SMARTS) is 1. The van der Waals surface area contributed by atoms with Crippen molar-refractivity contribution in [3.63, 3.8) is 0 Å². The average molecular weight is 497 g/mol. The van der Waals surface area contributed by atoms with Gasteiger partial charge in [-0.3, -0.25) is 14.9 Å². The molecule has 0 saturated heterocycles. The first-order valence-corrected chi connectivity index (χ1v) is 11.5. The second-order valence-corrected chi connectivity index (χ2v) is 8.37. The molecule has 8 heteroatoms. The fraction of sp³-hybridized carbons (Fsp3) is 0.103. The van der Waals surface area contributed by atoms with Gasteiger partial charge in [0.15, 0.2) is 0 Å². The molecule has 1 amide bonds. The summed E-state index contributed by atoms with van der Waals surface area (Å²) >= 11 is 0. The number of non-ortho nitro benzene ring substituents is 1. The van der Waals surface area contributed by atoms with E-state index in [0.29, 0.717) is 11.3 Å². The number of hydrogen-bond donors (Lipinski definition) is 2. The zero-order valence-corrected chi connectivity index (χ0v) is 19.7. The first kappa shape index (κ1) is 25.1. The van der Waals surface area contributed by atoms with Crippen LogP contribution in [0.1, 0.15) is 21.5 Å². The maximum absolute atomic E-state index is 12.7. The van der Waals surface area contributed by atoms with Gasteiger partial charge in [0.1, 0.15) is 18.4 Å². The molecule has 0 heterocycles. The Morgan fingerprint density at radius 1 is 0.811 bits per heavy atom. The van der Waals surface area contributed by atoms with Crippen LogP contribution in [0.3, 0.4) is 0 Å². The van der Waals surface area contributed by atoms with E-state index in [0.717, 1.165) is 22.3 Å². The topological polar surface area (TPSA) is 119 Å². The minimum atomic E-state index is -1.09. The average Bonchev–Trinajstić information content (AvgIpc) is 2.92. The minimum absolute atomic E-state index is 0.0329. The van der Waals surface area contributed by atoms with Gasteiger partial charge in [0.05, 0.1) is 4.92 Å². The summed E-state index contributed by atoms with van der Waals surface area (Å²) in [6.07, 6.45) is 0.193. The highest BCUT2D eigenvalue weighted by Gasteiger charge is 2.21. The molecular formula is C29H24N2O6. The molecule has 1 unspecified atom stereocenters. The highest BCUT2D eigenvalue weighted by Crippen LogP contribution is 2.24. The van der Waals surface area contributed by atoms with Crippen molar-refractivity contribution >= 4 is 17.6 Å². The molecule has 8 nitrogen and oxygen atoms in total. The van der Waals surface area contributed by atoms with Crippen LogP contribution in [0.25, 0.3) is 11.1 Å². The Morgan fingerprint density at radius 2 is 1.41 bits per heavy atom. The van der Waals surface area contributed by atoms with E-state index < -0.39 is 22.8 Å². The predicted molar refractivity (Wildman–Crippen MR) is 138 cm³/mol. The van der Waals surface area contributed by atoms with Crippen molar-refractivity contribution in [1.82, 2.24) is 5.32 Å².